The number of aliphatic hydroxyl groups is 1. The van der Waals surface area contributed by atoms with Gasteiger partial charge in [0.05, 0.1) is 15.9 Å². The minimum absolute atomic E-state index is 0.0526. The van der Waals surface area contributed by atoms with Gasteiger partial charge in [-0.2, -0.15) is 8.42 Å². The maximum absolute atomic E-state index is 13.1. The highest BCUT2D eigenvalue weighted by Gasteiger charge is 2.45. The summed E-state index contributed by atoms with van der Waals surface area (Å²) in [7, 11) is -8.93. The van der Waals surface area contributed by atoms with E-state index in [2.05, 4.69) is 14.1 Å². The number of nitrogens with one attached hydrogen (secondary N) is 1. The molecule has 10 nitrogen and oxygen atoms in total. The lowest BCUT2D eigenvalue weighted by Gasteiger charge is -2.22. The number of hydrogen-bond donors (Lipinski definition) is 2. The van der Waals surface area contributed by atoms with Crippen LogP contribution in [0.15, 0.2) is 56.4 Å². The fraction of sp³-hybridized carbons (Fsp3) is 0.150. The van der Waals surface area contributed by atoms with Gasteiger partial charge in [0.25, 0.3) is 15.9 Å². The Morgan fingerprint density at radius 3 is 2.62 bits per heavy atom. The zero-order valence-corrected chi connectivity index (χ0v) is 20.9. The van der Waals surface area contributed by atoms with E-state index < -0.39 is 42.4 Å². The summed E-state index contributed by atoms with van der Waals surface area (Å²) in [5, 5.41) is 10.5. The van der Waals surface area contributed by atoms with Crippen molar-refractivity contribution in [2.75, 3.05) is 15.4 Å². The summed E-state index contributed by atoms with van der Waals surface area (Å²) in [5.74, 6) is -3.33. The van der Waals surface area contributed by atoms with E-state index in [-0.39, 0.29) is 10.3 Å². The Labute approximate surface area is 203 Å². The smallest absolute Gasteiger partial charge is 0.293 e. The van der Waals surface area contributed by atoms with Gasteiger partial charge >= 0.3 is 0 Å². The van der Waals surface area contributed by atoms with Gasteiger partial charge < -0.3 is 5.11 Å². The highest BCUT2D eigenvalue weighted by molar-refractivity contribution is 8.16. The second-order valence-corrected chi connectivity index (χ2v) is 13.0. The molecule has 0 radical (unpaired) electrons. The number of amidine groups is 1. The van der Waals surface area contributed by atoms with Gasteiger partial charge in [0, 0.05) is 4.90 Å². The molecular weight excluding hydrogens is 521 g/mol. The Morgan fingerprint density at radius 1 is 1.15 bits per heavy atom. The Kier molecular flexibility index (Phi) is 5.24. The number of thiazole rings is 1. The first-order valence-electron chi connectivity index (χ1n) is 9.71. The van der Waals surface area contributed by atoms with Gasteiger partial charge in [-0.1, -0.05) is 23.5 Å². The molecule has 0 atom stereocenters. The van der Waals surface area contributed by atoms with Crippen molar-refractivity contribution in [3.05, 3.63) is 58.2 Å². The van der Waals surface area contributed by atoms with Crippen LogP contribution < -0.4 is 9.62 Å². The zero-order chi connectivity index (χ0) is 24.4. The number of sulfonamides is 2. The lowest BCUT2D eigenvalue weighted by Crippen LogP contribution is -2.41. The fourth-order valence-electron chi connectivity index (χ4n) is 3.51. The van der Waals surface area contributed by atoms with Gasteiger partial charge in [0.1, 0.15) is 11.5 Å². The monoisotopic (exact) mass is 536 g/mol. The van der Waals surface area contributed by atoms with Crippen LogP contribution >= 0.6 is 23.1 Å². The molecule has 176 valence electrons. The first kappa shape index (κ1) is 22.8. The van der Waals surface area contributed by atoms with E-state index >= 15 is 0 Å². The van der Waals surface area contributed by atoms with E-state index in [0.717, 1.165) is 43.8 Å². The number of carbonyl (C=O) groups is 1. The Balaban J connectivity index is 1.48. The third-order valence-corrected chi connectivity index (χ3v) is 9.66. The maximum Gasteiger partial charge on any atom is 0.293 e. The summed E-state index contributed by atoms with van der Waals surface area (Å²) in [6, 6.07) is 10.6. The third kappa shape index (κ3) is 3.96. The van der Waals surface area contributed by atoms with Crippen LogP contribution in [0.4, 0.5) is 10.8 Å². The van der Waals surface area contributed by atoms with Crippen LogP contribution in [0.25, 0.3) is 10.2 Å². The van der Waals surface area contributed by atoms with E-state index in [1.807, 2.05) is 26.0 Å². The van der Waals surface area contributed by atoms with Gasteiger partial charge in [-0.3, -0.25) is 14.4 Å². The highest BCUT2D eigenvalue weighted by Crippen LogP contribution is 2.44. The standard InChI is InChI=1S/C20H16N4O6S4/c1-10-3-5-12-15(7-10)31-19(21-12)22-33(27,28)9-14(25)17-18(26)24-13-6-4-11(2)8-16(13)32-20(24)23-34(17,29)30/h3-8,25H,9H2,1-2H3,(H,21,22)/b17-14+. The van der Waals surface area contributed by atoms with Crippen LogP contribution in [0.5, 0.6) is 0 Å². The number of amides is 1. The Bertz CT molecular complexity index is 1670. The van der Waals surface area contributed by atoms with Crippen LogP contribution in [-0.2, 0) is 24.8 Å². The lowest BCUT2D eigenvalue weighted by atomic mass is 10.2. The van der Waals surface area contributed by atoms with Crippen LogP contribution in [-0.4, -0.2) is 43.8 Å². The van der Waals surface area contributed by atoms with E-state index in [0.29, 0.717) is 16.1 Å². The van der Waals surface area contributed by atoms with Crippen molar-refractivity contribution in [2.24, 2.45) is 4.40 Å². The number of thioether (sulfide) groups is 1. The fourth-order valence-corrected chi connectivity index (χ4v) is 8.34. The highest BCUT2D eigenvalue weighted by atomic mass is 32.2. The molecular formula is C20H16N4O6S4. The first-order valence-corrected chi connectivity index (χ1v) is 14.4. The van der Waals surface area contributed by atoms with Crippen LogP contribution in [0, 0.1) is 13.8 Å². The van der Waals surface area contributed by atoms with Crippen LogP contribution in [0.3, 0.4) is 0 Å². The molecule has 3 aromatic rings. The number of benzene rings is 2. The molecule has 5 rings (SSSR count). The molecule has 3 heterocycles. The molecule has 0 aliphatic carbocycles. The normalized spacial score (nSPS) is 18.5. The molecule has 1 amide bonds. The van der Waals surface area contributed by atoms with Crippen LogP contribution in [0.1, 0.15) is 11.1 Å². The molecule has 0 saturated carbocycles. The van der Waals surface area contributed by atoms with Crippen molar-refractivity contribution in [3.8, 4) is 0 Å². The Morgan fingerprint density at radius 2 is 1.85 bits per heavy atom. The molecule has 2 aliphatic heterocycles. The van der Waals surface area contributed by atoms with Crippen molar-refractivity contribution in [1.82, 2.24) is 4.98 Å². The lowest BCUT2D eigenvalue weighted by molar-refractivity contribution is -0.113. The van der Waals surface area contributed by atoms with Gasteiger partial charge in [0.15, 0.2) is 15.2 Å². The largest absolute Gasteiger partial charge is 0.509 e. The molecule has 0 saturated heterocycles. The van der Waals surface area contributed by atoms with Crippen molar-refractivity contribution in [2.45, 2.75) is 18.7 Å². The second kappa shape index (κ2) is 7.80. The summed E-state index contributed by atoms with van der Waals surface area (Å²) in [4.78, 5) is 17.9. The van der Waals surface area contributed by atoms with E-state index in [1.165, 1.54) is 0 Å². The molecule has 2 aliphatic rings. The zero-order valence-electron chi connectivity index (χ0n) is 17.6. The minimum atomic E-state index is -4.62. The molecule has 2 aromatic carbocycles. The van der Waals surface area contributed by atoms with Crippen molar-refractivity contribution in [3.63, 3.8) is 0 Å². The average Bonchev–Trinajstić information content (AvgIpc) is 3.24. The number of aliphatic hydroxyl groups excluding tert-OH is 1. The molecule has 0 bridgehead atoms. The summed E-state index contributed by atoms with van der Waals surface area (Å²) in [6.07, 6.45) is 0. The van der Waals surface area contributed by atoms with Crippen molar-refractivity contribution >= 4 is 75.3 Å². The SMILES string of the molecule is Cc1ccc2c(c1)SC1=NS(=O)(=O)/C(=C(/O)CS(=O)(=O)Nc3nc4ccc(C)cc4s3)C(=O)N12. The van der Waals surface area contributed by atoms with E-state index in [4.69, 9.17) is 0 Å². The van der Waals surface area contributed by atoms with Gasteiger partial charge in [0.2, 0.25) is 10.0 Å². The van der Waals surface area contributed by atoms with Crippen molar-refractivity contribution in [1.29, 1.82) is 0 Å². The number of aromatic nitrogens is 1. The summed E-state index contributed by atoms with van der Waals surface area (Å²) in [6.45, 7) is 3.74. The van der Waals surface area contributed by atoms with Crippen molar-refractivity contribution < 1.29 is 26.7 Å². The predicted octanol–water partition coefficient (Wildman–Crippen LogP) is 3.26. The van der Waals surface area contributed by atoms with E-state index in [9.17, 15) is 26.7 Å². The number of fused-ring (bicyclic) bond motifs is 4. The quantitative estimate of drug-likeness (QED) is 0.382. The summed E-state index contributed by atoms with van der Waals surface area (Å²) >= 11 is 2.10. The Hall–Kier alpha value is -2.94. The summed E-state index contributed by atoms with van der Waals surface area (Å²) < 4.78 is 57.4. The maximum atomic E-state index is 13.1. The molecule has 34 heavy (non-hydrogen) atoms. The average molecular weight is 537 g/mol. The first-order chi connectivity index (χ1) is 15.9. The minimum Gasteiger partial charge on any atom is -0.509 e. The van der Waals surface area contributed by atoms with Gasteiger partial charge in [-0.05, 0) is 61.0 Å². The number of nitrogens with zero attached hydrogens (tertiary/aromatic N) is 3. The van der Waals surface area contributed by atoms with Gasteiger partial charge in [-0.25, -0.2) is 13.4 Å². The van der Waals surface area contributed by atoms with Gasteiger partial charge in [-0.15, -0.1) is 4.40 Å². The topological polar surface area (TPSA) is 146 Å². The van der Waals surface area contributed by atoms with E-state index in [1.54, 1.807) is 24.3 Å². The number of rotatable bonds is 4. The molecule has 0 unspecified atom stereocenters. The predicted molar refractivity (Wildman–Crippen MR) is 132 cm³/mol. The number of carbonyl (C=O) groups excluding carboxylic acids is 1. The summed E-state index contributed by atoms with van der Waals surface area (Å²) in [5.41, 5.74) is 2.88. The number of anilines is 2. The molecule has 1 aromatic heterocycles. The molecule has 0 spiro atoms. The third-order valence-electron chi connectivity index (χ3n) is 4.98. The second-order valence-electron chi connectivity index (χ2n) is 7.69. The van der Waals surface area contributed by atoms with Crippen LogP contribution in [0.2, 0.25) is 0 Å². The molecule has 0 fully saturated rings. The molecule has 2 N–H and O–H groups in total. The number of aryl methyl sites for hydroxylation is 2. The number of hydrogen-bond acceptors (Lipinski definition) is 9. The molecule has 14 heteroatoms.